The van der Waals surface area contributed by atoms with Crippen molar-refractivity contribution >= 4 is 0 Å². The fourth-order valence-electron chi connectivity index (χ4n) is 2.49. The third kappa shape index (κ3) is 3.28. The molecule has 0 aliphatic carbocycles. The van der Waals surface area contributed by atoms with Crippen LogP contribution in [0.15, 0.2) is 30.3 Å². The van der Waals surface area contributed by atoms with Gasteiger partial charge in [-0.1, -0.05) is 13.8 Å². The van der Waals surface area contributed by atoms with Gasteiger partial charge in [0.25, 0.3) is 0 Å². The van der Waals surface area contributed by atoms with Gasteiger partial charge in [-0.05, 0) is 62.2 Å². The second-order valence-corrected chi connectivity index (χ2v) is 5.73. The van der Waals surface area contributed by atoms with Gasteiger partial charge in [-0.15, -0.1) is 0 Å². The molecule has 108 valence electrons. The van der Waals surface area contributed by atoms with Crippen molar-refractivity contribution in [3.63, 3.8) is 0 Å². The van der Waals surface area contributed by atoms with Gasteiger partial charge >= 0.3 is 0 Å². The zero-order chi connectivity index (χ0) is 14.7. The minimum atomic E-state index is -0.199. The van der Waals surface area contributed by atoms with Gasteiger partial charge in [-0.3, -0.25) is 0 Å². The fourth-order valence-corrected chi connectivity index (χ4v) is 2.49. The summed E-state index contributed by atoms with van der Waals surface area (Å²) in [6.45, 7) is 10.5. The summed E-state index contributed by atoms with van der Waals surface area (Å²) in [5.41, 5.74) is 4.70. The Labute approximate surface area is 120 Å². The smallest absolute Gasteiger partial charge is 0.123 e. The van der Waals surface area contributed by atoms with Gasteiger partial charge < -0.3 is 9.88 Å². The molecule has 1 aromatic heterocycles. The fraction of sp³-hybridized carbons (Fsp3) is 0.412. The van der Waals surface area contributed by atoms with E-state index in [2.05, 4.69) is 43.6 Å². The molecule has 0 unspecified atom stereocenters. The molecule has 0 bridgehead atoms. The highest BCUT2D eigenvalue weighted by Crippen LogP contribution is 2.21. The van der Waals surface area contributed by atoms with Crippen LogP contribution in [0.25, 0.3) is 5.69 Å². The Morgan fingerprint density at radius 2 is 1.80 bits per heavy atom. The highest BCUT2D eigenvalue weighted by atomic mass is 19.1. The summed E-state index contributed by atoms with van der Waals surface area (Å²) in [6.07, 6.45) is 0. The summed E-state index contributed by atoms with van der Waals surface area (Å²) < 4.78 is 15.2. The zero-order valence-corrected chi connectivity index (χ0v) is 12.7. The van der Waals surface area contributed by atoms with E-state index < -0.39 is 0 Å². The summed E-state index contributed by atoms with van der Waals surface area (Å²) in [5.74, 6) is 0.450. The maximum atomic E-state index is 13.0. The second-order valence-electron chi connectivity index (χ2n) is 5.73. The van der Waals surface area contributed by atoms with Gasteiger partial charge in [0.05, 0.1) is 0 Å². The molecule has 1 aromatic carbocycles. The molecular formula is C17H23FN2. The average molecular weight is 274 g/mol. The van der Waals surface area contributed by atoms with Gasteiger partial charge in [0, 0.05) is 23.6 Å². The lowest BCUT2D eigenvalue weighted by atomic mass is 10.2. The molecule has 0 aliphatic heterocycles. The zero-order valence-electron chi connectivity index (χ0n) is 12.7. The van der Waals surface area contributed by atoms with E-state index in [-0.39, 0.29) is 5.82 Å². The Balaban J connectivity index is 2.22. The van der Waals surface area contributed by atoms with Crippen molar-refractivity contribution < 1.29 is 4.39 Å². The lowest BCUT2D eigenvalue weighted by Gasteiger charge is -2.11. The van der Waals surface area contributed by atoms with Crippen molar-refractivity contribution in [1.82, 2.24) is 9.88 Å². The van der Waals surface area contributed by atoms with Crippen molar-refractivity contribution in [3.8, 4) is 5.69 Å². The SMILES string of the molecule is Cc1cc(CNCC(C)C)c(C)n1-c1ccc(F)cc1. The van der Waals surface area contributed by atoms with Crippen LogP contribution >= 0.6 is 0 Å². The summed E-state index contributed by atoms with van der Waals surface area (Å²) in [6, 6.07) is 8.85. The molecule has 20 heavy (non-hydrogen) atoms. The van der Waals surface area contributed by atoms with Crippen LogP contribution < -0.4 is 5.32 Å². The Hall–Kier alpha value is -1.61. The Morgan fingerprint density at radius 3 is 2.40 bits per heavy atom. The van der Waals surface area contributed by atoms with E-state index in [0.717, 1.165) is 18.8 Å². The first-order valence-electron chi connectivity index (χ1n) is 7.13. The molecule has 3 heteroatoms. The van der Waals surface area contributed by atoms with E-state index >= 15 is 0 Å². The van der Waals surface area contributed by atoms with Crippen LogP contribution in [0.1, 0.15) is 30.8 Å². The summed E-state index contributed by atoms with van der Waals surface area (Å²) >= 11 is 0. The number of hydrogen-bond acceptors (Lipinski definition) is 1. The lowest BCUT2D eigenvalue weighted by Crippen LogP contribution is -2.19. The third-order valence-electron chi connectivity index (χ3n) is 3.49. The number of rotatable bonds is 5. The average Bonchev–Trinajstić information content (AvgIpc) is 2.66. The minimum absolute atomic E-state index is 0.199. The molecule has 0 spiro atoms. The Bertz CT molecular complexity index is 567. The van der Waals surface area contributed by atoms with E-state index in [1.54, 1.807) is 0 Å². The first-order chi connectivity index (χ1) is 9.49. The Morgan fingerprint density at radius 1 is 1.15 bits per heavy atom. The number of benzene rings is 1. The van der Waals surface area contributed by atoms with E-state index in [1.165, 1.54) is 29.1 Å². The minimum Gasteiger partial charge on any atom is -0.318 e. The molecular weight excluding hydrogens is 251 g/mol. The number of hydrogen-bond donors (Lipinski definition) is 1. The van der Waals surface area contributed by atoms with Crippen LogP contribution in [-0.2, 0) is 6.54 Å². The topological polar surface area (TPSA) is 17.0 Å². The van der Waals surface area contributed by atoms with Crippen molar-refractivity contribution in [1.29, 1.82) is 0 Å². The highest BCUT2D eigenvalue weighted by molar-refractivity contribution is 5.41. The van der Waals surface area contributed by atoms with Crippen LogP contribution in [0.3, 0.4) is 0 Å². The molecule has 0 fully saturated rings. The molecule has 0 atom stereocenters. The molecule has 0 amide bonds. The second kappa shape index (κ2) is 6.23. The van der Waals surface area contributed by atoms with Gasteiger partial charge in [0.2, 0.25) is 0 Å². The molecule has 2 nitrogen and oxygen atoms in total. The maximum Gasteiger partial charge on any atom is 0.123 e. The quantitative estimate of drug-likeness (QED) is 0.872. The van der Waals surface area contributed by atoms with Gasteiger partial charge in [-0.2, -0.15) is 0 Å². The third-order valence-corrected chi connectivity index (χ3v) is 3.49. The maximum absolute atomic E-state index is 13.0. The van der Waals surface area contributed by atoms with Gasteiger partial charge in [-0.25, -0.2) is 4.39 Å². The van der Waals surface area contributed by atoms with E-state index in [1.807, 2.05) is 12.1 Å². The first-order valence-corrected chi connectivity index (χ1v) is 7.13. The van der Waals surface area contributed by atoms with Gasteiger partial charge in [0.1, 0.15) is 5.82 Å². The van der Waals surface area contributed by atoms with Crippen molar-refractivity contribution in [2.24, 2.45) is 5.92 Å². The number of nitrogens with one attached hydrogen (secondary N) is 1. The number of halogens is 1. The standard InChI is InChI=1S/C17H23FN2/c1-12(2)10-19-11-15-9-13(3)20(14(15)4)17-7-5-16(18)6-8-17/h5-9,12,19H,10-11H2,1-4H3. The molecule has 2 aromatic rings. The van der Waals surface area contributed by atoms with E-state index in [4.69, 9.17) is 0 Å². The number of aromatic nitrogens is 1. The van der Waals surface area contributed by atoms with Crippen molar-refractivity contribution in [3.05, 3.63) is 53.1 Å². The Kier molecular flexibility index (Phi) is 4.61. The molecule has 0 aliphatic rings. The van der Waals surface area contributed by atoms with Crippen LogP contribution in [-0.4, -0.2) is 11.1 Å². The number of aryl methyl sites for hydroxylation is 1. The van der Waals surface area contributed by atoms with Crippen molar-refractivity contribution in [2.45, 2.75) is 34.2 Å². The molecule has 2 rings (SSSR count). The predicted molar refractivity (Wildman–Crippen MR) is 81.7 cm³/mol. The predicted octanol–water partition coefficient (Wildman–Crippen LogP) is 3.98. The molecule has 0 saturated heterocycles. The normalized spacial score (nSPS) is 11.3. The van der Waals surface area contributed by atoms with Crippen LogP contribution in [0, 0.1) is 25.6 Å². The van der Waals surface area contributed by atoms with E-state index in [0.29, 0.717) is 5.92 Å². The van der Waals surface area contributed by atoms with Crippen molar-refractivity contribution in [2.75, 3.05) is 6.54 Å². The number of nitrogens with zero attached hydrogens (tertiary/aromatic N) is 1. The monoisotopic (exact) mass is 274 g/mol. The summed E-state index contributed by atoms with van der Waals surface area (Å²) in [5, 5.41) is 3.47. The largest absolute Gasteiger partial charge is 0.318 e. The molecule has 1 N–H and O–H groups in total. The summed E-state index contributed by atoms with van der Waals surface area (Å²) in [4.78, 5) is 0. The highest BCUT2D eigenvalue weighted by Gasteiger charge is 2.10. The van der Waals surface area contributed by atoms with Crippen LogP contribution in [0.2, 0.25) is 0 Å². The van der Waals surface area contributed by atoms with E-state index in [9.17, 15) is 4.39 Å². The first kappa shape index (κ1) is 14.8. The lowest BCUT2D eigenvalue weighted by molar-refractivity contribution is 0.551. The molecule has 1 heterocycles. The summed E-state index contributed by atoms with van der Waals surface area (Å²) in [7, 11) is 0. The van der Waals surface area contributed by atoms with Gasteiger partial charge in [0.15, 0.2) is 0 Å². The van der Waals surface area contributed by atoms with Crippen LogP contribution in [0.5, 0.6) is 0 Å². The van der Waals surface area contributed by atoms with Crippen LogP contribution in [0.4, 0.5) is 4.39 Å². The molecule has 0 radical (unpaired) electrons. The molecule has 0 saturated carbocycles.